The van der Waals surface area contributed by atoms with Gasteiger partial charge in [0.25, 0.3) is 0 Å². The second-order valence-corrected chi connectivity index (χ2v) is 7.42. The number of aliphatic hydroxyl groups excluding tert-OH is 1. The third-order valence-electron chi connectivity index (χ3n) is 4.32. The minimum Gasteiger partial charge on any atom is -0.391 e. The molecule has 0 saturated carbocycles. The van der Waals surface area contributed by atoms with E-state index in [9.17, 15) is 18.7 Å². The van der Waals surface area contributed by atoms with Crippen molar-refractivity contribution >= 4 is 17.4 Å². The number of β-amino-alcohol motifs (C(OH)–C–C–N with tert-alkyl or cyclic N) is 1. The Morgan fingerprint density at radius 1 is 1.44 bits per heavy atom. The van der Waals surface area contributed by atoms with E-state index >= 15 is 0 Å². The highest BCUT2D eigenvalue weighted by molar-refractivity contribution is 7.11. The van der Waals surface area contributed by atoms with Gasteiger partial charge in [-0.2, -0.15) is 0 Å². The molecule has 1 fully saturated rings. The summed E-state index contributed by atoms with van der Waals surface area (Å²) in [5.74, 6) is -1.17. The zero-order chi connectivity index (χ0) is 18.1. The molecule has 1 aliphatic heterocycles. The number of likely N-dealkylation sites (tertiary alicyclic amines) is 1. The van der Waals surface area contributed by atoms with Crippen molar-refractivity contribution in [2.45, 2.75) is 39.0 Å². The van der Waals surface area contributed by atoms with E-state index in [1.165, 1.54) is 16.2 Å². The Labute approximate surface area is 148 Å². The minimum absolute atomic E-state index is 0.0718. The first-order valence-electron chi connectivity index (χ1n) is 7.95. The molecule has 2 unspecified atom stereocenters. The van der Waals surface area contributed by atoms with Crippen molar-refractivity contribution in [1.82, 2.24) is 15.2 Å². The molecule has 2 heterocycles. The second kappa shape index (κ2) is 7.05. The fraction of sp³-hybridized carbons (Fsp3) is 0.412. The van der Waals surface area contributed by atoms with Crippen LogP contribution >= 0.6 is 11.3 Å². The van der Waals surface area contributed by atoms with E-state index in [4.69, 9.17) is 0 Å². The Kier molecular flexibility index (Phi) is 5.01. The molecular formula is C17H19F2N3O2S. The van der Waals surface area contributed by atoms with E-state index in [2.05, 4.69) is 10.3 Å². The number of aryl methyl sites for hydroxylation is 2. The van der Waals surface area contributed by atoms with Gasteiger partial charge in [-0.15, -0.1) is 11.3 Å². The summed E-state index contributed by atoms with van der Waals surface area (Å²) in [6, 6.07) is 2.00. The molecule has 2 atom stereocenters. The number of thiazole rings is 1. The highest BCUT2D eigenvalue weighted by Crippen LogP contribution is 2.34. The van der Waals surface area contributed by atoms with Gasteiger partial charge in [-0.05, 0) is 38.5 Å². The molecule has 8 heteroatoms. The van der Waals surface area contributed by atoms with Gasteiger partial charge in [0, 0.05) is 17.0 Å². The van der Waals surface area contributed by atoms with Gasteiger partial charge in [-0.1, -0.05) is 0 Å². The number of halogens is 2. The van der Waals surface area contributed by atoms with Crippen LogP contribution in [0, 0.1) is 25.5 Å². The number of urea groups is 1. The van der Waals surface area contributed by atoms with E-state index < -0.39 is 29.8 Å². The number of hydrogen-bond donors (Lipinski definition) is 2. The number of nitrogens with zero attached hydrogens (tertiary/aromatic N) is 2. The van der Waals surface area contributed by atoms with E-state index in [1.807, 2.05) is 13.8 Å². The van der Waals surface area contributed by atoms with Crippen LogP contribution in [0.5, 0.6) is 0 Å². The number of aromatic nitrogens is 1. The maximum Gasteiger partial charge on any atom is 0.318 e. The third-order valence-corrected chi connectivity index (χ3v) is 5.39. The van der Waals surface area contributed by atoms with E-state index in [0.29, 0.717) is 0 Å². The molecule has 5 nitrogen and oxygen atoms in total. The van der Waals surface area contributed by atoms with Gasteiger partial charge in [0.2, 0.25) is 0 Å². The van der Waals surface area contributed by atoms with Gasteiger partial charge >= 0.3 is 6.03 Å². The Morgan fingerprint density at radius 2 is 2.20 bits per heavy atom. The number of benzene rings is 1. The predicted octanol–water partition coefficient (Wildman–Crippen LogP) is 3.06. The summed E-state index contributed by atoms with van der Waals surface area (Å²) in [5, 5.41) is 13.4. The highest BCUT2D eigenvalue weighted by atomic mass is 32.1. The molecule has 134 valence electrons. The van der Waals surface area contributed by atoms with Crippen molar-refractivity contribution in [3.63, 3.8) is 0 Å². The van der Waals surface area contributed by atoms with Gasteiger partial charge in [-0.3, -0.25) is 0 Å². The molecule has 0 spiro atoms. The first-order valence-corrected chi connectivity index (χ1v) is 8.77. The average Bonchev–Trinajstić information content (AvgIpc) is 3.10. The van der Waals surface area contributed by atoms with Gasteiger partial charge in [0.05, 0.1) is 24.4 Å². The minimum atomic E-state index is -0.775. The molecule has 2 amide bonds. The predicted molar refractivity (Wildman–Crippen MR) is 90.3 cm³/mol. The summed E-state index contributed by atoms with van der Waals surface area (Å²) < 4.78 is 27.5. The van der Waals surface area contributed by atoms with Crippen LogP contribution in [0.2, 0.25) is 0 Å². The largest absolute Gasteiger partial charge is 0.391 e. The summed E-state index contributed by atoms with van der Waals surface area (Å²) in [7, 11) is 0. The summed E-state index contributed by atoms with van der Waals surface area (Å²) in [6.45, 7) is 4.18. The van der Waals surface area contributed by atoms with Crippen molar-refractivity contribution in [3.8, 4) is 0 Å². The molecule has 1 aromatic carbocycles. The van der Waals surface area contributed by atoms with Crippen LogP contribution in [0.4, 0.5) is 13.6 Å². The Morgan fingerprint density at radius 3 is 2.88 bits per heavy atom. The number of nitrogens with one attached hydrogen (secondary N) is 1. The molecule has 1 aromatic heterocycles. The van der Waals surface area contributed by atoms with Crippen molar-refractivity contribution in [3.05, 3.63) is 51.0 Å². The van der Waals surface area contributed by atoms with Crippen molar-refractivity contribution in [2.24, 2.45) is 0 Å². The quantitative estimate of drug-likeness (QED) is 0.876. The average molecular weight is 367 g/mol. The molecule has 0 radical (unpaired) electrons. The van der Waals surface area contributed by atoms with E-state index in [-0.39, 0.29) is 25.1 Å². The molecule has 3 rings (SSSR count). The molecule has 2 N–H and O–H groups in total. The summed E-state index contributed by atoms with van der Waals surface area (Å²) >= 11 is 1.50. The van der Waals surface area contributed by atoms with Crippen LogP contribution in [-0.4, -0.2) is 33.7 Å². The lowest BCUT2D eigenvalue weighted by molar-refractivity contribution is 0.169. The molecule has 1 aliphatic rings. The number of carbonyl (C=O) groups excluding carboxylic acids is 1. The van der Waals surface area contributed by atoms with Crippen LogP contribution in [0.1, 0.15) is 33.6 Å². The zero-order valence-electron chi connectivity index (χ0n) is 13.9. The Hall–Kier alpha value is -2.06. The first-order chi connectivity index (χ1) is 11.8. The Bertz CT molecular complexity index is 777. The van der Waals surface area contributed by atoms with Gasteiger partial charge < -0.3 is 15.3 Å². The lowest BCUT2D eigenvalue weighted by atomic mass is 10.0. The smallest absolute Gasteiger partial charge is 0.318 e. The van der Waals surface area contributed by atoms with Gasteiger partial charge in [0.1, 0.15) is 16.6 Å². The number of hydrogen-bond acceptors (Lipinski definition) is 4. The highest BCUT2D eigenvalue weighted by Gasteiger charge is 2.36. The van der Waals surface area contributed by atoms with Gasteiger partial charge in [0.15, 0.2) is 0 Å². The molecule has 2 aromatic rings. The maximum absolute atomic E-state index is 14.1. The van der Waals surface area contributed by atoms with Crippen LogP contribution in [0.25, 0.3) is 0 Å². The molecule has 1 saturated heterocycles. The van der Waals surface area contributed by atoms with Crippen LogP contribution in [-0.2, 0) is 6.54 Å². The molecule has 0 bridgehead atoms. The zero-order valence-corrected chi connectivity index (χ0v) is 14.7. The second-order valence-electron chi connectivity index (χ2n) is 6.13. The normalized spacial score (nSPS) is 20.1. The van der Waals surface area contributed by atoms with Crippen LogP contribution in [0.15, 0.2) is 18.2 Å². The van der Waals surface area contributed by atoms with Crippen LogP contribution < -0.4 is 5.32 Å². The van der Waals surface area contributed by atoms with E-state index in [0.717, 1.165) is 33.8 Å². The summed E-state index contributed by atoms with van der Waals surface area (Å²) in [4.78, 5) is 19.3. The Balaban J connectivity index is 1.74. The van der Waals surface area contributed by atoms with Crippen molar-refractivity contribution in [1.29, 1.82) is 0 Å². The number of aliphatic hydroxyl groups is 1. The number of carbonyl (C=O) groups is 1. The number of rotatable bonds is 3. The lowest BCUT2D eigenvalue weighted by Gasteiger charge is -2.25. The van der Waals surface area contributed by atoms with Crippen molar-refractivity contribution in [2.75, 3.05) is 6.54 Å². The maximum atomic E-state index is 14.1. The molecule has 25 heavy (non-hydrogen) atoms. The molecular weight excluding hydrogens is 348 g/mol. The fourth-order valence-corrected chi connectivity index (χ4v) is 3.84. The summed E-state index contributed by atoms with van der Waals surface area (Å²) in [5.41, 5.74) is 0.998. The molecule has 0 aliphatic carbocycles. The lowest BCUT2D eigenvalue weighted by Crippen LogP contribution is -2.40. The fourth-order valence-electron chi connectivity index (χ4n) is 2.97. The van der Waals surface area contributed by atoms with E-state index in [1.54, 1.807) is 0 Å². The SMILES string of the molecule is Cc1nc(CNC(=O)N2CC(O)CC2c2cc(F)ccc2F)sc1C. The van der Waals surface area contributed by atoms with Crippen molar-refractivity contribution < 1.29 is 18.7 Å². The standard InChI is InChI=1S/C17H19F2N3O2S/c1-9-10(2)25-16(21-9)7-20-17(24)22-8-12(23)6-15(22)13-5-11(18)3-4-14(13)19/h3-5,12,15,23H,6-8H2,1-2H3,(H,20,24). The van der Waals surface area contributed by atoms with Gasteiger partial charge in [-0.25, -0.2) is 18.6 Å². The topological polar surface area (TPSA) is 65.5 Å². The summed E-state index contributed by atoms with van der Waals surface area (Å²) in [6.07, 6.45) is -0.605. The monoisotopic (exact) mass is 367 g/mol. The van der Waals surface area contributed by atoms with Crippen LogP contribution in [0.3, 0.4) is 0 Å². The third kappa shape index (κ3) is 3.80. The number of amides is 2. The first kappa shape index (κ1) is 17.8.